The Morgan fingerprint density at radius 1 is 1.04 bits per heavy atom. The summed E-state index contributed by atoms with van der Waals surface area (Å²) in [5, 5.41) is 10.8. The molecule has 0 saturated carbocycles. The number of pyridine rings is 1. The van der Waals surface area contributed by atoms with Gasteiger partial charge >= 0.3 is 0 Å². The summed E-state index contributed by atoms with van der Waals surface area (Å²) in [7, 11) is 1.81. The topological polar surface area (TPSA) is 88.9 Å². The number of anilines is 2. The third-order valence-corrected chi connectivity index (χ3v) is 4.28. The smallest absolute Gasteiger partial charge is 0.256 e. The Balaban J connectivity index is 1.84. The lowest BCUT2D eigenvalue weighted by molar-refractivity contribution is -0.118. The molecule has 0 spiro atoms. The van der Waals surface area contributed by atoms with Gasteiger partial charge in [0.1, 0.15) is 0 Å². The minimum Gasteiger partial charge on any atom is -0.326 e. The van der Waals surface area contributed by atoms with Gasteiger partial charge in [-0.2, -0.15) is 5.10 Å². The van der Waals surface area contributed by atoms with E-state index in [9.17, 15) is 9.59 Å². The fourth-order valence-corrected chi connectivity index (χ4v) is 2.87. The Labute approximate surface area is 157 Å². The van der Waals surface area contributed by atoms with Crippen molar-refractivity contribution in [3.8, 4) is 0 Å². The fraction of sp³-hybridized carbons (Fsp3) is 0.300. The van der Waals surface area contributed by atoms with Crippen molar-refractivity contribution in [2.45, 2.75) is 27.7 Å². The molecule has 0 fully saturated rings. The Bertz CT molecular complexity index is 1020. The SMILES string of the molecule is Cc1cc(C(=O)Nc2ccc(NC(=O)C(C)C)cc2)c2c(C)nn(C)c2n1. The van der Waals surface area contributed by atoms with E-state index in [1.807, 2.05) is 34.7 Å². The highest BCUT2D eigenvalue weighted by Gasteiger charge is 2.18. The Kier molecular flexibility index (Phi) is 4.94. The number of rotatable bonds is 4. The van der Waals surface area contributed by atoms with Crippen LogP contribution in [0.5, 0.6) is 0 Å². The molecule has 7 nitrogen and oxygen atoms in total. The first kappa shape index (κ1) is 18.6. The second-order valence-corrected chi connectivity index (χ2v) is 6.89. The van der Waals surface area contributed by atoms with Crippen molar-refractivity contribution in [1.82, 2.24) is 14.8 Å². The number of aryl methyl sites for hydroxylation is 3. The molecule has 0 aliphatic carbocycles. The molecule has 3 rings (SSSR count). The van der Waals surface area contributed by atoms with Gasteiger partial charge in [-0.25, -0.2) is 4.98 Å². The second-order valence-electron chi connectivity index (χ2n) is 6.89. The number of amides is 2. The molecule has 7 heteroatoms. The Hall–Kier alpha value is -3.22. The summed E-state index contributed by atoms with van der Waals surface area (Å²) in [5.41, 5.74) is 4.08. The predicted molar refractivity (Wildman–Crippen MR) is 106 cm³/mol. The van der Waals surface area contributed by atoms with Crippen LogP contribution in [0.1, 0.15) is 35.6 Å². The summed E-state index contributed by atoms with van der Waals surface area (Å²) < 4.78 is 1.68. The van der Waals surface area contributed by atoms with Crippen LogP contribution in [-0.2, 0) is 11.8 Å². The number of aromatic nitrogens is 3. The van der Waals surface area contributed by atoms with Crippen molar-refractivity contribution in [2.75, 3.05) is 10.6 Å². The normalized spacial score (nSPS) is 11.0. The van der Waals surface area contributed by atoms with Crippen LogP contribution >= 0.6 is 0 Å². The molecule has 0 bridgehead atoms. The van der Waals surface area contributed by atoms with Gasteiger partial charge < -0.3 is 10.6 Å². The van der Waals surface area contributed by atoms with E-state index >= 15 is 0 Å². The molecule has 0 saturated heterocycles. The standard InChI is InChI=1S/C20H23N5O2/c1-11(2)19(26)22-14-6-8-15(9-7-14)23-20(27)16-10-12(3)21-18-17(16)13(4)24-25(18)5/h6-11H,1-5H3,(H,22,26)(H,23,27). The fourth-order valence-electron chi connectivity index (χ4n) is 2.87. The highest BCUT2D eigenvalue weighted by molar-refractivity contribution is 6.12. The average molecular weight is 365 g/mol. The molecule has 0 radical (unpaired) electrons. The van der Waals surface area contributed by atoms with Gasteiger partial charge in [0.25, 0.3) is 5.91 Å². The number of hydrogen-bond acceptors (Lipinski definition) is 4. The van der Waals surface area contributed by atoms with E-state index in [1.165, 1.54) is 0 Å². The van der Waals surface area contributed by atoms with Gasteiger partial charge in [0.2, 0.25) is 5.91 Å². The van der Waals surface area contributed by atoms with Gasteiger partial charge in [0.15, 0.2) is 5.65 Å². The quantitative estimate of drug-likeness (QED) is 0.741. The van der Waals surface area contributed by atoms with Crippen LogP contribution < -0.4 is 10.6 Å². The van der Waals surface area contributed by atoms with E-state index in [-0.39, 0.29) is 17.7 Å². The minimum absolute atomic E-state index is 0.0477. The van der Waals surface area contributed by atoms with Crippen LogP contribution in [0.15, 0.2) is 30.3 Å². The molecule has 1 aromatic carbocycles. The summed E-state index contributed by atoms with van der Waals surface area (Å²) >= 11 is 0. The maximum Gasteiger partial charge on any atom is 0.256 e. The lowest BCUT2D eigenvalue weighted by Crippen LogP contribution is -2.17. The van der Waals surface area contributed by atoms with Gasteiger partial charge in [-0.1, -0.05) is 13.8 Å². The molecule has 2 N–H and O–H groups in total. The van der Waals surface area contributed by atoms with Crippen LogP contribution in [-0.4, -0.2) is 26.6 Å². The van der Waals surface area contributed by atoms with Crippen molar-refractivity contribution in [3.05, 3.63) is 47.3 Å². The number of carbonyl (C=O) groups excluding carboxylic acids is 2. The number of nitrogens with one attached hydrogen (secondary N) is 2. The number of fused-ring (bicyclic) bond motifs is 1. The molecule has 140 valence electrons. The van der Waals surface area contributed by atoms with Crippen LogP contribution in [0.4, 0.5) is 11.4 Å². The zero-order chi connectivity index (χ0) is 19.7. The third-order valence-electron chi connectivity index (χ3n) is 4.28. The highest BCUT2D eigenvalue weighted by Crippen LogP contribution is 2.23. The van der Waals surface area contributed by atoms with Gasteiger partial charge in [-0.15, -0.1) is 0 Å². The molecule has 2 aromatic heterocycles. The minimum atomic E-state index is -0.222. The lowest BCUT2D eigenvalue weighted by Gasteiger charge is -2.10. The Morgan fingerprint density at radius 2 is 1.63 bits per heavy atom. The second kappa shape index (κ2) is 7.19. The first-order chi connectivity index (χ1) is 12.8. The van der Waals surface area contributed by atoms with Crippen molar-refractivity contribution < 1.29 is 9.59 Å². The molecule has 3 aromatic rings. The molecule has 0 aliphatic rings. The van der Waals surface area contributed by atoms with Crippen LogP contribution in [0.2, 0.25) is 0 Å². The van der Waals surface area contributed by atoms with Crippen LogP contribution in [0.3, 0.4) is 0 Å². The zero-order valence-electron chi connectivity index (χ0n) is 16.1. The monoisotopic (exact) mass is 365 g/mol. The summed E-state index contributed by atoms with van der Waals surface area (Å²) in [4.78, 5) is 29.1. The maximum atomic E-state index is 12.8. The van der Waals surface area contributed by atoms with Crippen molar-refractivity contribution in [2.24, 2.45) is 13.0 Å². The molecule has 0 unspecified atom stereocenters. The van der Waals surface area contributed by atoms with Crippen molar-refractivity contribution in [3.63, 3.8) is 0 Å². The van der Waals surface area contributed by atoms with Crippen molar-refractivity contribution >= 4 is 34.2 Å². The highest BCUT2D eigenvalue weighted by atomic mass is 16.2. The van der Waals surface area contributed by atoms with E-state index in [4.69, 9.17) is 0 Å². The summed E-state index contributed by atoms with van der Waals surface area (Å²) in [6, 6.07) is 8.81. The van der Waals surface area contributed by atoms with Gasteiger partial charge in [0.05, 0.1) is 16.6 Å². The molecule has 0 atom stereocenters. The number of nitrogens with zero attached hydrogens (tertiary/aromatic N) is 3. The summed E-state index contributed by atoms with van der Waals surface area (Å²) in [6.07, 6.45) is 0. The molecular weight excluding hydrogens is 342 g/mol. The van der Waals surface area contributed by atoms with E-state index in [1.54, 1.807) is 35.0 Å². The van der Waals surface area contributed by atoms with E-state index in [0.29, 0.717) is 22.6 Å². The van der Waals surface area contributed by atoms with E-state index < -0.39 is 0 Å². The zero-order valence-corrected chi connectivity index (χ0v) is 16.1. The van der Waals surface area contributed by atoms with Gasteiger partial charge in [0, 0.05) is 30.0 Å². The van der Waals surface area contributed by atoms with Crippen molar-refractivity contribution in [1.29, 1.82) is 0 Å². The molecule has 27 heavy (non-hydrogen) atoms. The molecule has 2 amide bonds. The molecule has 0 aliphatic heterocycles. The largest absolute Gasteiger partial charge is 0.326 e. The molecule has 2 heterocycles. The lowest BCUT2D eigenvalue weighted by atomic mass is 10.1. The van der Waals surface area contributed by atoms with Crippen LogP contribution in [0.25, 0.3) is 11.0 Å². The number of benzene rings is 1. The first-order valence-electron chi connectivity index (χ1n) is 8.79. The van der Waals surface area contributed by atoms with E-state index in [2.05, 4.69) is 20.7 Å². The number of hydrogen-bond donors (Lipinski definition) is 2. The third kappa shape index (κ3) is 3.81. The number of carbonyl (C=O) groups is 2. The molecular formula is C20H23N5O2. The van der Waals surface area contributed by atoms with Crippen LogP contribution in [0, 0.1) is 19.8 Å². The van der Waals surface area contributed by atoms with Gasteiger partial charge in [-0.05, 0) is 44.2 Å². The maximum absolute atomic E-state index is 12.8. The predicted octanol–water partition coefficient (Wildman–Crippen LogP) is 3.43. The Morgan fingerprint density at radius 3 is 2.22 bits per heavy atom. The summed E-state index contributed by atoms with van der Waals surface area (Å²) in [5.74, 6) is -0.363. The van der Waals surface area contributed by atoms with E-state index in [0.717, 1.165) is 16.8 Å². The first-order valence-corrected chi connectivity index (χ1v) is 8.79. The van der Waals surface area contributed by atoms with Gasteiger partial charge in [-0.3, -0.25) is 14.3 Å². The summed E-state index contributed by atoms with van der Waals surface area (Å²) in [6.45, 7) is 7.39. The average Bonchev–Trinajstić information content (AvgIpc) is 2.89.